The van der Waals surface area contributed by atoms with Gasteiger partial charge in [-0.3, -0.25) is 4.79 Å². The molecule has 1 amide bonds. The van der Waals surface area contributed by atoms with Gasteiger partial charge in [-0.1, -0.05) is 0 Å². The Morgan fingerprint density at radius 2 is 2.32 bits per heavy atom. The zero-order valence-electron chi connectivity index (χ0n) is 11.0. The highest BCUT2D eigenvalue weighted by atomic mass is 16.5. The van der Waals surface area contributed by atoms with Crippen LogP contribution in [0.15, 0.2) is 12.3 Å². The predicted molar refractivity (Wildman–Crippen MR) is 70.5 cm³/mol. The number of nitrogens with zero attached hydrogens (tertiary/aromatic N) is 1. The molecule has 0 saturated carbocycles. The molecular weight excluding hydrogens is 246 g/mol. The number of nitrogens with two attached hydrogens (primary N) is 1. The molecule has 1 aliphatic rings. The third kappa shape index (κ3) is 2.89. The van der Waals surface area contributed by atoms with E-state index in [4.69, 9.17) is 10.5 Å². The lowest BCUT2D eigenvalue weighted by atomic mass is 10.0. The maximum absolute atomic E-state index is 12.4. The number of hydrogen-bond donors (Lipinski definition) is 2. The Morgan fingerprint density at radius 1 is 1.53 bits per heavy atom. The molecule has 1 fully saturated rings. The van der Waals surface area contributed by atoms with Gasteiger partial charge in [0.15, 0.2) is 0 Å². The number of likely N-dealkylation sites (tertiary alicyclic amines) is 1. The number of esters is 1. The number of anilines is 1. The highest BCUT2D eigenvalue weighted by Crippen LogP contribution is 2.21. The maximum Gasteiger partial charge on any atom is 0.328 e. The number of nitrogen functional groups attached to an aromatic ring is 1. The lowest BCUT2D eigenvalue weighted by Crippen LogP contribution is -2.48. The number of H-pyrrole nitrogens is 1. The van der Waals surface area contributed by atoms with Gasteiger partial charge in [-0.2, -0.15) is 0 Å². The van der Waals surface area contributed by atoms with E-state index in [2.05, 4.69) is 4.98 Å². The van der Waals surface area contributed by atoms with Gasteiger partial charge >= 0.3 is 5.97 Å². The molecule has 2 rings (SSSR count). The standard InChI is InChI=1S/C13H19N3O3/c1-2-19-13(18)11-5-3-4-6-16(11)12(17)10-7-9(14)8-15-10/h7-8,11,15H,2-6,14H2,1H3. The summed E-state index contributed by atoms with van der Waals surface area (Å²) >= 11 is 0. The zero-order chi connectivity index (χ0) is 13.8. The molecule has 1 aromatic heterocycles. The molecule has 0 bridgehead atoms. The van der Waals surface area contributed by atoms with Gasteiger partial charge in [0.1, 0.15) is 11.7 Å². The number of carbonyl (C=O) groups is 2. The first-order chi connectivity index (χ1) is 9.13. The van der Waals surface area contributed by atoms with Crippen LogP contribution in [0.3, 0.4) is 0 Å². The third-order valence-corrected chi connectivity index (χ3v) is 3.26. The number of amides is 1. The summed E-state index contributed by atoms with van der Waals surface area (Å²) in [6.45, 7) is 2.66. The van der Waals surface area contributed by atoms with Crippen LogP contribution in [0.25, 0.3) is 0 Å². The SMILES string of the molecule is CCOC(=O)C1CCCCN1C(=O)c1cc(N)c[nH]1. The number of aromatic amines is 1. The van der Waals surface area contributed by atoms with Gasteiger partial charge < -0.3 is 20.4 Å². The summed E-state index contributed by atoms with van der Waals surface area (Å²) in [6, 6.07) is 1.10. The van der Waals surface area contributed by atoms with Gasteiger partial charge in [0, 0.05) is 18.4 Å². The smallest absolute Gasteiger partial charge is 0.328 e. The van der Waals surface area contributed by atoms with Crippen LogP contribution in [0.2, 0.25) is 0 Å². The van der Waals surface area contributed by atoms with E-state index in [1.165, 1.54) is 0 Å². The minimum Gasteiger partial charge on any atom is -0.464 e. The molecule has 6 heteroatoms. The zero-order valence-corrected chi connectivity index (χ0v) is 11.0. The van der Waals surface area contributed by atoms with E-state index in [0.29, 0.717) is 31.0 Å². The fourth-order valence-corrected chi connectivity index (χ4v) is 2.35. The Balaban J connectivity index is 2.15. The molecule has 0 spiro atoms. The number of carbonyl (C=O) groups excluding carboxylic acids is 2. The van der Waals surface area contributed by atoms with Gasteiger partial charge in [-0.25, -0.2) is 4.79 Å². The second kappa shape index (κ2) is 5.77. The van der Waals surface area contributed by atoms with Crippen molar-refractivity contribution in [1.29, 1.82) is 0 Å². The van der Waals surface area contributed by atoms with Crippen LogP contribution in [0.5, 0.6) is 0 Å². The Bertz CT molecular complexity index is 469. The molecule has 0 radical (unpaired) electrons. The monoisotopic (exact) mass is 265 g/mol. The minimum atomic E-state index is -0.481. The Hall–Kier alpha value is -1.98. The van der Waals surface area contributed by atoms with Crippen LogP contribution in [0.4, 0.5) is 5.69 Å². The number of hydrogen-bond acceptors (Lipinski definition) is 4. The van der Waals surface area contributed by atoms with Crippen molar-refractivity contribution in [1.82, 2.24) is 9.88 Å². The Labute approximate surface area is 111 Å². The van der Waals surface area contributed by atoms with Crippen LogP contribution in [-0.2, 0) is 9.53 Å². The highest BCUT2D eigenvalue weighted by Gasteiger charge is 2.33. The number of aromatic nitrogens is 1. The largest absolute Gasteiger partial charge is 0.464 e. The van der Waals surface area contributed by atoms with E-state index in [9.17, 15) is 9.59 Å². The van der Waals surface area contributed by atoms with Gasteiger partial charge in [-0.15, -0.1) is 0 Å². The lowest BCUT2D eigenvalue weighted by Gasteiger charge is -2.33. The van der Waals surface area contributed by atoms with Crippen molar-refractivity contribution >= 4 is 17.6 Å². The van der Waals surface area contributed by atoms with Crippen LogP contribution in [-0.4, -0.2) is 41.0 Å². The van der Waals surface area contributed by atoms with E-state index in [1.54, 1.807) is 24.1 Å². The first-order valence-corrected chi connectivity index (χ1v) is 6.55. The summed E-state index contributed by atoms with van der Waals surface area (Å²) < 4.78 is 5.04. The summed E-state index contributed by atoms with van der Waals surface area (Å²) in [7, 11) is 0. The molecule has 1 atom stereocenters. The van der Waals surface area contributed by atoms with Crippen molar-refractivity contribution in [3.63, 3.8) is 0 Å². The van der Waals surface area contributed by atoms with Crippen LogP contribution < -0.4 is 5.73 Å². The number of ether oxygens (including phenoxy) is 1. The van der Waals surface area contributed by atoms with Crippen LogP contribution in [0, 0.1) is 0 Å². The third-order valence-electron chi connectivity index (χ3n) is 3.26. The van der Waals surface area contributed by atoms with E-state index in [1.807, 2.05) is 0 Å². The van der Waals surface area contributed by atoms with Gasteiger partial charge in [0.2, 0.25) is 0 Å². The second-order valence-corrected chi connectivity index (χ2v) is 4.61. The maximum atomic E-state index is 12.4. The van der Waals surface area contributed by atoms with E-state index in [0.717, 1.165) is 12.8 Å². The molecular formula is C13H19N3O3. The van der Waals surface area contributed by atoms with Gasteiger partial charge in [-0.05, 0) is 32.3 Å². The number of piperidine rings is 1. The molecule has 1 saturated heterocycles. The summed E-state index contributed by atoms with van der Waals surface area (Å²) in [6.07, 6.45) is 4.05. The highest BCUT2D eigenvalue weighted by molar-refractivity contribution is 5.96. The van der Waals surface area contributed by atoms with Crippen LogP contribution >= 0.6 is 0 Å². The molecule has 0 aliphatic carbocycles. The summed E-state index contributed by atoms with van der Waals surface area (Å²) in [5.41, 5.74) is 6.51. The van der Waals surface area contributed by atoms with Crippen molar-refractivity contribution in [3.05, 3.63) is 18.0 Å². The number of rotatable bonds is 3. The first-order valence-electron chi connectivity index (χ1n) is 6.55. The fraction of sp³-hybridized carbons (Fsp3) is 0.538. The molecule has 6 nitrogen and oxygen atoms in total. The average molecular weight is 265 g/mol. The molecule has 1 unspecified atom stereocenters. The fourth-order valence-electron chi connectivity index (χ4n) is 2.35. The Kier molecular flexibility index (Phi) is 4.09. The van der Waals surface area contributed by atoms with Gasteiger partial charge in [0.05, 0.1) is 6.61 Å². The van der Waals surface area contributed by atoms with E-state index >= 15 is 0 Å². The quantitative estimate of drug-likeness (QED) is 0.802. The minimum absolute atomic E-state index is 0.200. The summed E-state index contributed by atoms with van der Waals surface area (Å²) in [5.74, 6) is -0.524. The van der Waals surface area contributed by atoms with Crippen molar-refractivity contribution in [2.75, 3.05) is 18.9 Å². The summed E-state index contributed by atoms with van der Waals surface area (Å²) in [5, 5.41) is 0. The molecule has 3 N–H and O–H groups in total. The van der Waals surface area contributed by atoms with E-state index < -0.39 is 6.04 Å². The molecule has 0 aromatic carbocycles. The molecule has 1 aliphatic heterocycles. The topological polar surface area (TPSA) is 88.4 Å². The number of nitrogens with one attached hydrogen (secondary N) is 1. The van der Waals surface area contributed by atoms with Crippen molar-refractivity contribution < 1.29 is 14.3 Å². The molecule has 104 valence electrons. The van der Waals surface area contributed by atoms with Crippen molar-refractivity contribution in [2.45, 2.75) is 32.2 Å². The normalized spacial score (nSPS) is 19.2. The summed E-state index contributed by atoms with van der Waals surface area (Å²) in [4.78, 5) is 28.7. The van der Waals surface area contributed by atoms with Crippen LogP contribution in [0.1, 0.15) is 36.7 Å². The molecule has 19 heavy (non-hydrogen) atoms. The lowest BCUT2D eigenvalue weighted by molar-refractivity contribution is -0.149. The van der Waals surface area contributed by atoms with E-state index in [-0.39, 0.29) is 11.9 Å². The first kappa shape index (κ1) is 13.5. The Morgan fingerprint density at radius 3 is 2.95 bits per heavy atom. The predicted octanol–water partition coefficient (Wildman–Crippen LogP) is 1.15. The van der Waals surface area contributed by atoms with Crippen molar-refractivity contribution in [2.24, 2.45) is 0 Å². The molecule has 1 aromatic rings. The van der Waals surface area contributed by atoms with Gasteiger partial charge in [0.25, 0.3) is 5.91 Å². The molecule has 2 heterocycles. The second-order valence-electron chi connectivity index (χ2n) is 4.61. The van der Waals surface area contributed by atoms with Crippen molar-refractivity contribution in [3.8, 4) is 0 Å². The average Bonchev–Trinajstić information content (AvgIpc) is 2.85.